The number of rotatable bonds is 2. The van der Waals surface area contributed by atoms with Gasteiger partial charge in [0.05, 0.1) is 6.61 Å². The van der Waals surface area contributed by atoms with E-state index in [-0.39, 0.29) is 11.2 Å². The van der Waals surface area contributed by atoms with Crippen molar-refractivity contribution >= 4 is 10.8 Å². The Bertz CT molecular complexity index is 526. The van der Waals surface area contributed by atoms with Gasteiger partial charge >= 0.3 is 0 Å². The van der Waals surface area contributed by atoms with Crippen molar-refractivity contribution in [3.63, 3.8) is 0 Å². The fourth-order valence-electron chi connectivity index (χ4n) is 1.59. The van der Waals surface area contributed by atoms with Crippen LogP contribution in [-0.4, -0.2) is 6.61 Å². The summed E-state index contributed by atoms with van der Waals surface area (Å²) in [5.74, 6) is 0.573. The van der Waals surface area contributed by atoms with E-state index < -0.39 is 0 Å². The second-order valence-electron chi connectivity index (χ2n) is 5.50. The Morgan fingerprint density at radius 2 is 1.71 bits per heavy atom. The summed E-state index contributed by atoms with van der Waals surface area (Å²) in [7, 11) is 0. The summed E-state index contributed by atoms with van der Waals surface area (Å²) in [6, 6.07) is 10.5. The molecule has 0 spiro atoms. The van der Waals surface area contributed by atoms with E-state index in [9.17, 15) is 4.39 Å². The van der Waals surface area contributed by atoms with Gasteiger partial charge in [-0.2, -0.15) is 0 Å². The first-order valence-electron chi connectivity index (χ1n) is 5.76. The van der Waals surface area contributed by atoms with Crippen molar-refractivity contribution < 1.29 is 9.13 Å². The minimum absolute atomic E-state index is 0.122. The van der Waals surface area contributed by atoms with Crippen LogP contribution in [0.1, 0.15) is 20.8 Å². The molecule has 0 heterocycles. The van der Waals surface area contributed by atoms with Crippen LogP contribution in [-0.2, 0) is 0 Å². The number of fused-ring (bicyclic) bond motifs is 1. The zero-order valence-electron chi connectivity index (χ0n) is 10.5. The number of hydrogen-bond acceptors (Lipinski definition) is 1. The van der Waals surface area contributed by atoms with Crippen LogP contribution in [0.5, 0.6) is 5.75 Å². The molecule has 2 aromatic carbocycles. The largest absolute Gasteiger partial charge is 0.493 e. The zero-order valence-corrected chi connectivity index (χ0v) is 10.5. The van der Waals surface area contributed by atoms with Gasteiger partial charge in [0.25, 0.3) is 0 Å². The van der Waals surface area contributed by atoms with Gasteiger partial charge in [0.1, 0.15) is 11.6 Å². The highest BCUT2D eigenvalue weighted by Crippen LogP contribution is 2.23. The third-order valence-corrected chi connectivity index (χ3v) is 2.45. The van der Waals surface area contributed by atoms with Crippen LogP contribution >= 0.6 is 0 Å². The molecule has 0 N–H and O–H groups in total. The van der Waals surface area contributed by atoms with Gasteiger partial charge in [0.2, 0.25) is 0 Å². The molecule has 0 saturated carbocycles. The Kier molecular flexibility index (Phi) is 3.05. The summed E-state index contributed by atoms with van der Waals surface area (Å²) in [6.07, 6.45) is 0. The van der Waals surface area contributed by atoms with Gasteiger partial charge in [-0.05, 0) is 40.5 Å². The first-order chi connectivity index (χ1) is 7.94. The maximum Gasteiger partial charge on any atom is 0.123 e. The monoisotopic (exact) mass is 232 g/mol. The van der Waals surface area contributed by atoms with E-state index in [2.05, 4.69) is 20.8 Å². The lowest BCUT2D eigenvalue weighted by Gasteiger charge is -2.19. The zero-order chi connectivity index (χ0) is 12.5. The van der Waals surface area contributed by atoms with Gasteiger partial charge in [-0.25, -0.2) is 4.39 Å². The van der Waals surface area contributed by atoms with Crippen molar-refractivity contribution in [2.24, 2.45) is 5.41 Å². The Morgan fingerprint density at radius 3 is 2.41 bits per heavy atom. The first-order valence-corrected chi connectivity index (χ1v) is 5.76. The summed E-state index contributed by atoms with van der Waals surface area (Å²) in [5.41, 5.74) is 0.122. The molecule has 2 heteroatoms. The normalized spacial score (nSPS) is 11.8. The molecule has 0 aliphatic heterocycles. The van der Waals surface area contributed by atoms with Crippen LogP contribution < -0.4 is 4.74 Å². The molecule has 0 fully saturated rings. The van der Waals surface area contributed by atoms with Gasteiger partial charge in [-0.3, -0.25) is 0 Å². The summed E-state index contributed by atoms with van der Waals surface area (Å²) < 4.78 is 18.8. The van der Waals surface area contributed by atoms with E-state index in [1.807, 2.05) is 18.2 Å². The third kappa shape index (κ3) is 3.19. The molecule has 0 aliphatic rings. The lowest BCUT2D eigenvalue weighted by Crippen LogP contribution is -2.16. The Morgan fingerprint density at radius 1 is 1.00 bits per heavy atom. The number of halogens is 1. The molecule has 0 bridgehead atoms. The average molecular weight is 232 g/mol. The van der Waals surface area contributed by atoms with Crippen molar-refractivity contribution in [3.05, 3.63) is 42.2 Å². The molecular formula is C15H17FO. The predicted molar refractivity (Wildman–Crippen MR) is 68.9 cm³/mol. The average Bonchev–Trinajstić information content (AvgIpc) is 2.24. The van der Waals surface area contributed by atoms with Crippen molar-refractivity contribution in [1.82, 2.24) is 0 Å². The molecule has 0 atom stereocenters. The number of ether oxygens (including phenoxy) is 1. The number of benzene rings is 2. The molecule has 0 aliphatic carbocycles. The predicted octanol–water partition coefficient (Wildman–Crippen LogP) is 4.40. The molecule has 90 valence electrons. The lowest BCUT2D eigenvalue weighted by molar-refractivity contribution is 0.198. The Hall–Kier alpha value is -1.57. The molecule has 0 saturated heterocycles. The van der Waals surface area contributed by atoms with Gasteiger partial charge in [0, 0.05) is 0 Å². The van der Waals surface area contributed by atoms with Gasteiger partial charge in [-0.1, -0.05) is 32.9 Å². The highest BCUT2D eigenvalue weighted by atomic mass is 19.1. The Labute approximate surface area is 101 Å². The van der Waals surface area contributed by atoms with Crippen molar-refractivity contribution in [2.75, 3.05) is 6.61 Å². The maximum absolute atomic E-state index is 13.1. The minimum atomic E-state index is -0.217. The van der Waals surface area contributed by atoms with Crippen molar-refractivity contribution in [2.45, 2.75) is 20.8 Å². The van der Waals surface area contributed by atoms with E-state index in [0.29, 0.717) is 6.61 Å². The third-order valence-electron chi connectivity index (χ3n) is 2.45. The molecule has 0 aromatic heterocycles. The Balaban J connectivity index is 2.25. The van der Waals surface area contributed by atoms with Gasteiger partial charge in [0.15, 0.2) is 0 Å². The van der Waals surface area contributed by atoms with Crippen LogP contribution in [0.3, 0.4) is 0 Å². The van der Waals surface area contributed by atoms with E-state index in [1.54, 1.807) is 6.07 Å². The van der Waals surface area contributed by atoms with Crippen LogP contribution in [0.2, 0.25) is 0 Å². The van der Waals surface area contributed by atoms with Crippen LogP contribution in [0.4, 0.5) is 4.39 Å². The second-order valence-corrected chi connectivity index (χ2v) is 5.50. The SMILES string of the molecule is CC(C)(C)COc1ccc2ccc(F)cc2c1. The summed E-state index contributed by atoms with van der Waals surface area (Å²) in [5, 5.41) is 1.89. The van der Waals surface area contributed by atoms with Crippen molar-refractivity contribution in [1.29, 1.82) is 0 Å². The van der Waals surface area contributed by atoms with Gasteiger partial charge in [-0.15, -0.1) is 0 Å². The highest BCUT2D eigenvalue weighted by molar-refractivity contribution is 5.83. The molecule has 0 unspecified atom stereocenters. The molecule has 2 rings (SSSR count). The van der Waals surface area contributed by atoms with E-state index in [1.165, 1.54) is 12.1 Å². The lowest BCUT2D eigenvalue weighted by atomic mass is 9.99. The first kappa shape index (κ1) is 11.9. The highest BCUT2D eigenvalue weighted by Gasteiger charge is 2.11. The molecule has 1 nitrogen and oxygen atoms in total. The smallest absolute Gasteiger partial charge is 0.123 e. The maximum atomic E-state index is 13.1. The molecule has 2 aromatic rings. The summed E-state index contributed by atoms with van der Waals surface area (Å²) in [6.45, 7) is 7.00. The topological polar surface area (TPSA) is 9.23 Å². The number of hydrogen-bond donors (Lipinski definition) is 0. The molecular weight excluding hydrogens is 215 g/mol. The van der Waals surface area contributed by atoms with Crippen LogP contribution in [0, 0.1) is 11.2 Å². The van der Waals surface area contributed by atoms with Crippen LogP contribution in [0.25, 0.3) is 10.8 Å². The molecule has 0 amide bonds. The second kappa shape index (κ2) is 4.36. The molecule has 17 heavy (non-hydrogen) atoms. The van der Waals surface area contributed by atoms with Gasteiger partial charge < -0.3 is 4.74 Å². The van der Waals surface area contributed by atoms with Crippen LogP contribution in [0.15, 0.2) is 36.4 Å². The summed E-state index contributed by atoms with van der Waals surface area (Å²) >= 11 is 0. The molecule has 0 radical (unpaired) electrons. The van der Waals surface area contributed by atoms with E-state index in [0.717, 1.165) is 16.5 Å². The fourth-order valence-corrected chi connectivity index (χ4v) is 1.59. The minimum Gasteiger partial charge on any atom is -0.493 e. The summed E-state index contributed by atoms with van der Waals surface area (Å²) in [4.78, 5) is 0. The van der Waals surface area contributed by atoms with Crippen molar-refractivity contribution in [3.8, 4) is 5.75 Å². The quantitative estimate of drug-likeness (QED) is 0.745. The van der Waals surface area contributed by atoms with E-state index >= 15 is 0 Å². The standard InChI is InChI=1S/C15H17FO/c1-15(2,3)10-17-14-7-5-11-4-6-13(16)8-12(11)9-14/h4-9H,10H2,1-3H3. The van der Waals surface area contributed by atoms with E-state index in [4.69, 9.17) is 4.74 Å². The fraction of sp³-hybridized carbons (Fsp3) is 0.333.